The van der Waals surface area contributed by atoms with Crippen LogP contribution in [-0.4, -0.2) is 17.6 Å². The van der Waals surface area contributed by atoms with Crippen LogP contribution in [0.5, 0.6) is 0 Å². The van der Waals surface area contributed by atoms with Crippen molar-refractivity contribution in [3.8, 4) is 0 Å². The minimum absolute atomic E-state index is 0.661. The van der Waals surface area contributed by atoms with E-state index >= 15 is 0 Å². The second-order valence-electron chi connectivity index (χ2n) is 3.94. The van der Waals surface area contributed by atoms with Crippen molar-refractivity contribution in [2.75, 3.05) is 11.4 Å². The SMILES string of the molecule is C=CCN(c1nccc(C)c1Br)C1CC1. The predicted molar refractivity (Wildman–Crippen MR) is 67.2 cm³/mol. The fourth-order valence-electron chi connectivity index (χ4n) is 1.66. The van der Waals surface area contributed by atoms with Gasteiger partial charge in [0.1, 0.15) is 5.82 Å². The highest BCUT2D eigenvalue weighted by Gasteiger charge is 2.30. The third-order valence-corrected chi connectivity index (χ3v) is 3.63. The lowest BCUT2D eigenvalue weighted by atomic mass is 10.3. The zero-order valence-electron chi connectivity index (χ0n) is 8.91. The largest absolute Gasteiger partial charge is 0.349 e. The van der Waals surface area contributed by atoms with Gasteiger partial charge in [0.05, 0.1) is 4.47 Å². The molecule has 1 fully saturated rings. The van der Waals surface area contributed by atoms with Crippen LogP contribution in [0.1, 0.15) is 18.4 Å². The second-order valence-corrected chi connectivity index (χ2v) is 4.73. The Morgan fingerprint density at radius 2 is 2.40 bits per heavy atom. The molecule has 1 aromatic rings. The Morgan fingerprint density at radius 3 is 3.00 bits per heavy atom. The van der Waals surface area contributed by atoms with E-state index in [0.717, 1.165) is 16.8 Å². The van der Waals surface area contributed by atoms with Gasteiger partial charge < -0.3 is 4.90 Å². The van der Waals surface area contributed by atoms with Gasteiger partial charge in [0, 0.05) is 18.8 Å². The van der Waals surface area contributed by atoms with E-state index in [9.17, 15) is 0 Å². The van der Waals surface area contributed by atoms with Gasteiger partial charge >= 0.3 is 0 Å². The molecular formula is C12H15BrN2. The molecule has 0 unspecified atom stereocenters. The number of anilines is 1. The van der Waals surface area contributed by atoms with Gasteiger partial charge in [0.2, 0.25) is 0 Å². The van der Waals surface area contributed by atoms with Crippen LogP contribution >= 0.6 is 15.9 Å². The van der Waals surface area contributed by atoms with Crippen LogP contribution < -0.4 is 4.90 Å². The molecule has 0 N–H and O–H groups in total. The number of aryl methyl sites for hydroxylation is 1. The number of halogens is 1. The van der Waals surface area contributed by atoms with Gasteiger partial charge in [0.15, 0.2) is 0 Å². The van der Waals surface area contributed by atoms with Gasteiger partial charge in [-0.05, 0) is 47.3 Å². The number of hydrogen-bond acceptors (Lipinski definition) is 2. The first kappa shape index (κ1) is 10.7. The molecule has 3 heteroatoms. The third-order valence-electron chi connectivity index (χ3n) is 2.65. The molecule has 15 heavy (non-hydrogen) atoms. The Bertz CT molecular complexity index is 372. The van der Waals surface area contributed by atoms with Crippen LogP contribution in [0.15, 0.2) is 29.4 Å². The number of pyridine rings is 1. The van der Waals surface area contributed by atoms with E-state index in [1.54, 1.807) is 0 Å². The smallest absolute Gasteiger partial charge is 0.143 e. The van der Waals surface area contributed by atoms with E-state index in [1.165, 1.54) is 18.4 Å². The lowest BCUT2D eigenvalue weighted by Crippen LogP contribution is -2.27. The topological polar surface area (TPSA) is 16.1 Å². The summed E-state index contributed by atoms with van der Waals surface area (Å²) < 4.78 is 1.11. The van der Waals surface area contributed by atoms with Crippen LogP contribution in [0, 0.1) is 6.92 Å². The number of nitrogens with zero attached hydrogens (tertiary/aromatic N) is 2. The summed E-state index contributed by atoms with van der Waals surface area (Å²) >= 11 is 3.61. The molecule has 80 valence electrons. The normalized spacial score (nSPS) is 15.1. The van der Waals surface area contributed by atoms with E-state index in [4.69, 9.17) is 0 Å². The summed E-state index contributed by atoms with van der Waals surface area (Å²) in [5.74, 6) is 1.05. The van der Waals surface area contributed by atoms with Crippen molar-refractivity contribution in [1.82, 2.24) is 4.98 Å². The molecule has 2 rings (SSSR count). The van der Waals surface area contributed by atoms with Crippen molar-refractivity contribution < 1.29 is 0 Å². The fraction of sp³-hybridized carbons (Fsp3) is 0.417. The lowest BCUT2D eigenvalue weighted by Gasteiger charge is -2.23. The first-order valence-electron chi connectivity index (χ1n) is 5.22. The lowest BCUT2D eigenvalue weighted by molar-refractivity contribution is 0.836. The summed E-state index contributed by atoms with van der Waals surface area (Å²) in [5.41, 5.74) is 1.23. The van der Waals surface area contributed by atoms with Crippen molar-refractivity contribution in [1.29, 1.82) is 0 Å². The molecule has 0 saturated heterocycles. The maximum Gasteiger partial charge on any atom is 0.143 e. The summed E-state index contributed by atoms with van der Waals surface area (Å²) in [6, 6.07) is 2.68. The third kappa shape index (κ3) is 2.23. The minimum atomic E-state index is 0.661. The zero-order valence-corrected chi connectivity index (χ0v) is 10.5. The minimum Gasteiger partial charge on any atom is -0.349 e. The zero-order chi connectivity index (χ0) is 10.8. The van der Waals surface area contributed by atoms with Crippen LogP contribution in [0.25, 0.3) is 0 Å². The average Bonchev–Trinajstić information content (AvgIpc) is 3.03. The van der Waals surface area contributed by atoms with Crippen molar-refractivity contribution >= 4 is 21.7 Å². The van der Waals surface area contributed by atoms with E-state index in [0.29, 0.717) is 6.04 Å². The Hall–Kier alpha value is -0.830. The highest BCUT2D eigenvalue weighted by Crippen LogP contribution is 2.35. The summed E-state index contributed by atoms with van der Waals surface area (Å²) in [4.78, 5) is 6.77. The molecule has 1 aliphatic rings. The first-order chi connectivity index (χ1) is 7.24. The number of hydrogen-bond donors (Lipinski definition) is 0. The highest BCUT2D eigenvalue weighted by atomic mass is 79.9. The standard InChI is InChI=1S/C12H15BrN2/c1-3-8-15(10-4-5-10)12-11(13)9(2)6-7-14-12/h3,6-7,10H,1,4-5,8H2,2H3. The van der Waals surface area contributed by atoms with Gasteiger partial charge in [-0.2, -0.15) is 0 Å². The van der Waals surface area contributed by atoms with Crippen molar-refractivity contribution in [2.24, 2.45) is 0 Å². The molecule has 0 aromatic carbocycles. The fourth-order valence-corrected chi connectivity index (χ4v) is 2.12. The first-order valence-corrected chi connectivity index (χ1v) is 6.02. The van der Waals surface area contributed by atoms with Crippen molar-refractivity contribution in [2.45, 2.75) is 25.8 Å². The molecule has 0 amide bonds. The van der Waals surface area contributed by atoms with E-state index in [-0.39, 0.29) is 0 Å². The number of aromatic nitrogens is 1. The molecule has 1 aromatic heterocycles. The molecule has 0 bridgehead atoms. The van der Waals surface area contributed by atoms with Gasteiger partial charge in [-0.3, -0.25) is 0 Å². The molecule has 1 saturated carbocycles. The van der Waals surface area contributed by atoms with Gasteiger partial charge in [-0.1, -0.05) is 6.08 Å². The maximum atomic E-state index is 4.45. The van der Waals surface area contributed by atoms with Crippen molar-refractivity contribution in [3.63, 3.8) is 0 Å². The van der Waals surface area contributed by atoms with Crippen LogP contribution in [-0.2, 0) is 0 Å². The summed E-state index contributed by atoms with van der Waals surface area (Å²) in [7, 11) is 0. The molecule has 0 spiro atoms. The van der Waals surface area contributed by atoms with Crippen LogP contribution in [0.4, 0.5) is 5.82 Å². The van der Waals surface area contributed by atoms with Gasteiger partial charge in [-0.25, -0.2) is 4.98 Å². The monoisotopic (exact) mass is 266 g/mol. The van der Waals surface area contributed by atoms with Crippen molar-refractivity contribution in [3.05, 3.63) is 35.0 Å². The quantitative estimate of drug-likeness (QED) is 0.778. The van der Waals surface area contributed by atoms with E-state index in [2.05, 4.69) is 39.3 Å². The molecule has 0 atom stereocenters. The second kappa shape index (κ2) is 4.35. The van der Waals surface area contributed by atoms with Crippen LogP contribution in [0.3, 0.4) is 0 Å². The summed E-state index contributed by atoms with van der Waals surface area (Å²) in [5, 5.41) is 0. The molecule has 0 radical (unpaired) electrons. The number of rotatable bonds is 4. The Kier molecular flexibility index (Phi) is 3.10. The Labute approximate surface area is 99.1 Å². The van der Waals surface area contributed by atoms with Gasteiger partial charge in [-0.15, -0.1) is 6.58 Å². The molecule has 1 aliphatic carbocycles. The average molecular weight is 267 g/mol. The van der Waals surface area contributed by atoms with Crippen LogP contribution in [0.2, 0.25) is 0 Å². The molecule has 1 heterocycles. The van der Waals surface area contributed by atoms with E-state index in [1.807, 2.05) is 18.3 Å². The van der Waals surface area contributed by atoms with E-state index < -0.39 is 0 Å². The summed E-state index contributed by atoms with van der Waals surface area (Å²) in [6.45, 7) is 6.77. The molecule has 0 aliphatic heterocycles. The van der Waals surface area contributed by atoms with Gasteiger partial charge in [0.25, 0.3) is 0 Å². The predicted octanol–water partition coefficient (Wildman–Crippen LogP) is 3.31. The Balaban J connectivity index is 2.32. The molecule has 2 nitrogen and oxygen atoms in total. The summed E-state index contributed by atoms with van der Waals surface area (Å²) in [6.07, 6.45) is 6.36. The Morgan fingerprint density at radius 1 is 1.67 bits per heavy atom. The maximum absolute atomic E-state index is 4.45. The molecular weight excluding hydrogens is 252 g/mol. The highest BCUT2D eigenvalue weighted by molar-refractivity contribution is 9.10.